The van der Waals surface area contributed by atoms with Crippen LogP contribution >= 0.6 is 0 Å². The highest BCUT2D eigenvalue weighted by atomic mass is 16.5. The molecule has 0 aromatic heterocycles. The summed E-state index contributed by atoms with van der Waals surface area (Å²) in [5, 5.41) is 10.8. The number of ketones is 1. The first-order valence-corrected chi connectivity index (χ1v) is 13.2. The molecule has 0 amide bonds. The van der Waals surface area contributed by atoms with Crippen LogP contribution in [0.1, 0.15) is 118 Å². The molecule has 188 valence electrons. The van der Waals surface area contributed by atoms with Gasteiger partial charge in [0.25, 0.3) is 0 Å². The standard InChI is InChI=1S/C27H50O5/c1-6-8-18-27(3,4)25(29)17-16-22-21(23(28)20-24(22)31-5)14-12-10-11-13-15-26(30)32-19-9-7-2/h21-22,24-25,29H,6-20H2,1-5H3/t21-,22-,24-,25?/m1/s1. The Kier molecular flexibility index (Phi) is 14.4. The molecular weight excluding hydrogens is 404 g/mol. The maximum atomic E-state index is 12.7. The first-order chi connectivity index (χ1) is 15.3. The number of rotatable bonds is 18. The fraction of sp³-hybridized carbons (Fsp3) is 0.926. The van der Waals surface area contributed by atoms with E-state index in [1.54, 1.807) is 7.11 Å². The van der Waals surface area contributed by atoms with E-state index < -0.39 is 0 Å². The number of aliphatic hydroxyl groups is 1. The zero-order chi connectivity index (χ0) is 24.0. The van der Waals surface area contributed by atoms with Crippen molar-refractivity contribution in [2.45, 2.75) is 130 Å². The van der Waals surface area contributed by atoms with E-state index in [9.17, 15) is 14.7 Å². The molecule has 0 saturated heterocycles. The highest BCUT2D eigenvalue weighted by Crippen LogP contribution is 2.40. The Hall–Kier alpha value is -0.940. The van der Waals surface area contributed by atoms with Gasteiger partial charge in [-0.15, -0.1) is 0 Å². The van der Waals surface area contributed by atoms with Crippen molar-refractivity contribution in [3.05, 3.63) is 0 Å². The molecule has 0 aromatic rings. The van der Waals surface area contributed by atoms with Crippen LogP contribution in [0, 0.1) is 17.3 Å². The third-order valence-corrected chi connectivity index (χ3v) is 7.37. The number of hydrogen-bond acceptors (Lipinski definition) is 5. The van der Waals surface area contributed by atoms with Crippen molar-refractivity contribution in [1.29, 1.82) is 0 Å². The Labute approximate surface area is 197 Å². The lowest BCUT2D eigenvalue weighted by Gasteiger charge is -2.32. The molecule has 1 aliphatic carbocycles. The normalized spacial score (nSPS) is 22.3. The van der Waals surface area contributed by atoms with Crippen LogP contribution in [0.15, 0.2) is 0 Å². The number of unbranched alkanes of at least 4 members (excludes halogenated alkanes) is 5. The second-order valence-electron chi connectivity index (χ2n) is 10.4. The van der Waals surface area contributed by atoms with E-state index in [1.165, 1.54) is 0 Å². The van der Waals surface area contributed by atoms with Gasteiger partial charge in [0.1, 0.15) is 5.78 Å². The van der Waals surface area contributed by atoms with E-state index in [4.69, 9.17) is 9.47 Å². The highest BCUT2D eigenvalue weighted by molar-refractivity contribution is 5.84. The maximum Gasteiger partial charge on any atom is 0.305 e. The van der Waals surface area contributed by atoms with Crippen LogP contribution in [-0.4, -0.2) is 42.8 Å². The smallest absolute Gasteiger partial charge is 0.305 e. The first kappa shape index (κ1) is 29.1. The number of esters is 1. The molecule has 0 aromatic carbocycles. The van der Waals surface area contributed by atoms with Crippen molar-refractivity contribution >= 4 is 11.8 Å². The number of hydrogen-bond donors (Lipinski definition) is 1. The summed E-state index contributed by atoms with van der Waals surface area (Å²) in [5.41, 5.74) is -0.0889. The number of carbonyl (C=O) groups is 2. The molecule has 0 radical (unpaired) electrons. The van der Waals surface area contributed by atoms with Gasteiger partial charge < -0.3 is 14.6 Å². The van der Waals surface area contributed by atoms with E-state index in [-0.39, 0.29) is 35.4 Å². The van der Waals surface area contributed by atoms with Crippen molar-refractivity contribution < 1.29 is 24.2 Å². The van der Waals surface area contributed by atoms with E-state index in [0.29, 0.717) is 25.2 Å². The lowest BCUT2D eigenvalue weighted by atomic mass is 9.77. The van der Waals surface area contributed by atoms with Gasteiger partial charge in [0.2, 0.25) is 0 Å². The Morgan fingerprint density at radius 3 is 2.41 bits per heavy atom. The number of Topliss-reactive ketones (excluding diaryl/α,β-unsaturated/α-hetero) is 1. The van der Waals surface area contributed by atoms with Crippen LogP contribution in [0.2, 0.25) is 0 Å². The number of carbonyl (C=O) groups excluding carboxylic acids is 2. The summed E-state index contributed by atoms with van der Waals surface area (Å²) in [4.78, 5) is 24.3. The van der Waals surface area contributed by atoms with Crippen LogP contribution in [0.25, 0.3) is 0 Å². The second kappa shape index (κ2) is 15.8. The molecule has 1 fully saturated rings. The number of aliphatic hydroxyl groups excluding tert-OH is 1. The minimum Gasteiger partial charge on any atom is -0.466 e. The third-order valence-electron chi connectivity index (χ3n) is 7.37. The van der Waals surface area contributed by atoms with Gasteiger partial charge in [-0.05, 0) is 49.9 Å². The summed E-state index contributed by atoms with van der Waals surface area (Å²) in [7, 11) is 1.70. The van der Waals surface area contributed by atoms with Gasteiger partial charge in [0, 0.05) is 25.9 Å². The SMILES string of the molecule is CCCCOC(=O)CCCCCC[C@H]1C(=O)C[C@@H](OC)[C@@H]1CCC(O)C(C)(C)CCCC. The fourth-order valence-corrected chi connectivity index (χ4v) is 4.95. The van der Waals surface area contributed by atoms with E-state index in [0.717, 1.165) is 77.0 Å². The third kappa shape index (κ3) is 10.3. The lowest BCUT2D eigenvalue weighted by Crippen LogP contribution is -2.31. The summed E-state index contributed by atoms with van der Waals surface area (Å²) in [6.45, 7) is 9.10. The van der Waals surface area contributed by atoms with Crippen LogP contribution in [0.4, 0.5) is 0 Å². The monoisotopic (exact) mass is 454 g/mol. The summed E-state index contributed by atoms with van der Waals surface area (Å²) in [6.07, 6.45) is 12.2. The van der Waals surface area contributed by atoms with Crippen molar-refractivity contribution in [3.63, 3.8) is 0 Å². The minimum atomic E-state index is -0.347. The summed E-state index contributed by atoms with van der Waals surface area (Å²) >= 11 is 0. The molecule has 5 heteroatoms. The molecule has 5 nitrogen and oxygen atoms in total. The molecule has 32 heavy (non-hydrogen) atoms. The molecule has 0 bridgehead atoms. The summed E-state index contributed by atoms with van der Waals surface area (Å²) < 4.78 is 10.9. The predicted octanol–water partition coefficient (Wildman–Crippen LogP) is 6.25. The Morgan fingerprint density at radius 1 is 1.06 bits per heavy atom. The van der Waals surface area contributed by atoms with Crippen molar-refractivity contribution in [3.8, 4) is 0 Å². The van der Waals surface area contributed by atoms with Gasteiger partial charge in [-0.1, -0.05) is 66.2 Å². The molecule has 1 N–H and O–H groups in total. The molecule has 0 aliphatic heterocycles. The van der Waals surface area contributed by atoms with Gasteiger partial charge >= 0.3 is 5.97 Å². The Morgan fingerprint density at radius 2 is 1.75 bits per heavy atom. The maximum absolute atomic E-state index is 12.7. The number of methoxy groups -OCH3 is 1. The van der Waals surface area contributed by atoms with Crippen molar-refractivity contribution in [2.24, 2.45) is 17.3 Å². The topological polar surface area (TPSA) is 72.8 Å². The van der Waals surface area contributed by atoms with Gasteiger partial charge in [0.05, 0.1) is 18.8 Å². The average Bonchev–Trinajstić information content (AvgIpc) is 3.07. The summed E-state index contributed by atoms with van der Waals surface area (Å²) in [6, 6.07) is 0. The van der Waals surface area contributed by atoms with Crippen molar-refractivity contribution in [1.82, 2.24) is 0 Å². The highest BCUT2D eigenvalue weighted by Gasteiger charge is 2.42. The van der Waals surface area contributed by atoms with Crippen LogP contribution in [-0.2, 0) is 19.1 Å². The van der Waals surface area contributed by atoms with Gasteiger partial charge in [-0.2, -0.15) is 0 Å². The molecular formula is C27H50O5. The zero-order valence-corrected chi connectivity index (χ0v) is 21.5. The molecule has 4 atom stereocenters. The molecule has 1 saturated carbocycles. The largest absolute Gasteiger partial charge is 0.466 e. The van der Waals surface area contributed by atoms with Crippen molar-refractivity contribution in [2.75, 3.05) is 13.7 Å². The quantitative estimate of drug-likeness (QED) is 0.196. The van der Waals surface area contributed by atoms with Crippen LogP contribution < -0.4 is 0 Å². The van der Waals surface area contributed by atoms with Gasteiger partial charge in [0.15, 0.2) is 0 Å². The van der Waals surface area contributed by atoms with Gasteiger partial charge in [-0.25, -0.2) is 0 Å². The Balaban J connectivity index is 2.40. The minimum absolute atomic E-state index is 0.0173. The molecule has 1 aliphatic rings. The van der Waals surface area contributed by atoms with Gasteiger partial charge in [-0.3, -0.25) is 9.59 Å². The Bertz CT molecular complexity index is 530. The summed E-state index contributed by atoms with van der Waals surface area (Å²) in [5.74, 6) is 0.483. The fourth-order valence-electron chi connectivity index (χ4n) is 4.95. The lowest BCUT2D eigenvalue weighted by molar-refractivity contribution is -0.143. The molecule has 1 rings (SSSR count). The average molecular weight is 455 g/mol. The first-order valence-electron chi connectivity index (χ1n) is 13.2. The molecule has 0 heterocycles. The van der Waals surface area contributed by atoms with E-state index in [2.05, 4.69) is 27.7 Å². The van der Waals surface area contributed by atoms with E-state index in [1.807, 2.05) is 0 Å². The van der Waals surface area contributed by atoms with Crippen LogP contribution in [0.5, 0.6) is 0 Å². The predicted molar refractivity (Wildman–Crippen MR) is 130 cm³/mol. The zero-order valence-electron chi connectivity index (χ0n) is 21.5. The van der Waals surface area contributed by atoms with Crippen LogP contribution in [0.3, 0.4) is 0 Å². The second-order valence-corrected chi connectivity index (χ2v) is 10.4. The number of ether oxygens (including phenoxy) is 2. The van der Waals surface area contributed by atoms with E-state index >= 15 is 0 Å². The molecule has 1 unspecified atom stereocenters. The molecule has 0 spiro atoms.